The lowest BCUT2D eigenvalue weighted by Gasteiger charge is -2.13. The number of hydrogen-bond donors (Lipinski definition) is 0. The Morgan fingerprint density at radius 3 is 2.00 bits per heavy atom. The van der Waals surface area contributed by atoms with Crippen LogP contribution in [0.5, 0.6) is 0 Å². The molecule has 0 aliphatic carbocycles. The van der Waals surface area contributed by atoms with Crippen molar-refractivity contribution in [1.82, 2.24) is 0 Å². The molecule has 80 valence electrons. The SMILES string of the molecule is CCCCCC(CC)CCCCI. The predicted octanol–water partition coefficient (Wildman–Crippen LogP) is 5.20. The minimum atomic E-state index is 1.02. The number of halogens is 1. The van der Waals surface area contributed by atoms with Gasteiger partial charge in [-0.15, -0.1) is 0 Å². The third-order valence-electron chi connectivity index (χ3n) is 2.79. The van der Waals surface area contributed by atoms with E-state index in [1.54, 1.807) is 0 Å². The van der Waals surface area contributed by atoms with Crippen molar-refractivity contribution >= 4 is 22.6 Å². The lowest BCUT2D eigenvalue weighted by Crippen LogP contribution is -1.99. The van der Waals surface area contributed by atoms with Crippen LogP contribution in [-0.2, 0) is 0 Å². The summed E-state index contributed by atoms with van der Waals surface area (Å²) in [6.07, 6.45) is 11.5. The van der Waals surface area contributed by atoms with Gasteiger partial charge in [0, 0.05) is 0 Å². The highest BCUT2D eigenvalue weighted by molar-refractivity contribution is 14.1. The van der Waals surface area contributed by atoms with Gasteiger partial charge in [-0.3, -0.25) is 0 Å². The van der Waals surface area contributed by atoms with Crippen LogP contribution in [0.15, 0.2) is 0 Å². The van der Waals surface area contributed by atoms with Crippen LogP contribution in [0.4, 0.5) is 0 Å². The van der Waals surface area contributed by atoms with Gasteiger partial charge in [0.25, 0.3) is 0 Å². The van der Waals surface area contributed by atoms with E-state index in [1.807, 2.05) is 0 Å². The van der Waals surface area contributed by atoms with Gasteiger partial charge < -0.3 is 0 Å². The summed E-state index contributed by atoms with van der Waals surface area (Å²) >= 11 is 2.48. The van der Waals surface area contributed by atoms with Crippen molar-refractivity contribution in [3.05, 3.63) is 0 Å². The summed E-state index contributed by atoms with van der Waals surface area (Å²) in [7, 11) is 0. The van der Waals surface area contributed by atoms with Crippen LogP contribution in [-0.4, -0.2) is 4.43 Å². The molecule has 0 nitrogen and oxygen atoms in total. The fourth-order valence-electron chi connectivity index (χ4n) is 1.76. The summed E-state index contributed by atoms with van der Waals surface area (Å²) in [5.41, 5.74) is 0. The van der Waals surface area contributed by atoms with E-state index in [0.29, 0.717) is 0 Å². The Balaban J connectivity index is 3.28. The number of hydrogen-bond acceptors (Lipinski definition) is 0. The Bertz CT molecular complexity index is 81.1. The monoisotopic (exact) mass is 296 g/mol. The molecule has 0 N–H and O–H groups in total. The molecular formula is C12H25I. The average molecular weight is 296 g/mol. The quantitative estimate of drug-likeness (QED) is 0.312. The lowest BCUT2D eigenvalue weighted by atomic mass is 9.93. The molecule has 0 aromatic rings. The van der Waals surface area contributed by atoms with Crippen molar-refractivity contribution < 1.29 is 0 Å². The molecule has 1 unspecified atom stereocenters. The van der Waals surface area contributed by atoms with Crippen molar-refractivity contribution in [2.45, 2.75) is 65.2 Å². The standard InChI is InChI=1S/C12H25I/c1-3-5-6-9-12(4-2)10-7-8-11-13/h12H,3-11H2,1-2H3. The highest BCUT2D eigenvalue weighted by Gasteiger charge is 2.04. The summed E-state index contributed by atoms with van der Waals surface area (Å²) in [5, 5.41) is 0. The van der Waals surface area contributed by atoms with Crippen molar-refractivity contribution in [1.29, 1.82) is 0 Å². The van der Waals surface area contributed by atoms with Gasteiger partial charge in [-0.2, -0.15) is 0 Å². The van der Waals surface area contributed by atoms with Crippen LogP contribution in [0.1, 0.15) is 65.2 Å². The first-order valence-corrected chi connectivity index (χ1v) is 7.43. The van der Waals surface area contributed by atoms with E-state index < -0.39 is 0 Å². The second-order valence-electron chi connectivity index (χ2n) is 3.95. The minimum Gasteiger partial charge on any atom is -0.0864 e. The van der Waals surface area contributed by atoms with Gasteiger partial charge in [0.15, 0.2) is 0 Å². The second-order valence-corrected chi connectivity index (χ2v) is 5.03. The molecule has 0 rings (SSSR count). The van der Waals surface area contributed by atoms with E-state index in [-0.39, 0.29) is 0 Å². The maximum atomic E-state index is 2.48. The number of rotatable bonds is 9. The molecule has 0 saturated carbocycles. The molecule has 0 heterocycles. The number of alkyl halides is 1. The van der Waals surface area contributed by atoms with Crippen LogP contribution in [0.2, 0.25) is 0 Å². The molecule has 0 aliphatic rings. The predicted molar refractivity (Wildman–Crippen MR) is 70.7 cm³/mol. The molecule has 1 atom stereocenters. The zero-order valence-electron chi connectivity index (χ0n) is 9.32. The minimum absolute atomic E-state index is 1.02. The van der Waals surface area contributed by atoms with E-state index in [9.17, 15) is 0 Å². The van der Waals surface area contributed by atoms with Gasteiger partial charge in [0.1, 0.15) is 0 Å². The van der Waals surface area contributed by atoms with Gasteiger partial charge in [0.05, 0.1) is 0 Å². The van der Waals surface area contributed by atoms with Crippen molar-refractivity contribution in [2.24, 2.45) is 5.92 Å². The fraction of sp³-hybridized carbons (Fsp3) is 1.00. The zero-order valence-corrected chi connectivity index (χ0v) is 11.5. The molecule has 0 saturated heterocycles. The topological polar surface area (TPSA) is 0 Å². The third-order valence-corrected chi connectivity index (χ3v) is 3.55. The smallest absolute Gasteiger partial charge is 0.000473 e. The number of unbranched alkanes of at least 4 members (excludes halogenated alkanes) is 3. The molecular weight excluding hydrogens is 271 g/mol. The third kappa shape index (κ3) is 9.04. The molecule has 0 radical (unpaired) electrons. The molecule has 0 aliphatic heterocycles. The second kappa shape index (κ2) is 10.8. The first-order chi connectivity index (χ1) is 6.35. The van der Waals surface area contributed by atoms with E-state index in [1.165, 1.54) is 55.8 Å². The molecule has 1 heteroatoms. The normalized spacial score (nSPS) is 13.2. The van der Waals surface area contributed by atoms with E-state index in [2.05, 4.69) is 36.4 Å². The molecule has 0 aromatic carbocycles. The molecule has 0 spiro atoms. The van der Waals surface area contributed by atoms with Crippen molar-refractivity contribution in [3.8, 4) is 0 Å². The average Bonchev–Trinajstić information content (AvgIpc) is 2.16. The largest absolute Gasteiger partial charge is 0.0864 e. The highest BCUT2D eigenvalue weighted by atomic mass is 127. The van der Waals surface area contributed by atoms with Crippen molar-refractivity contribution in [3.63, 3.8) is 0 Å². The molecule has 0 bridgehead atoms. The molecule has 0 aromatic heterocycles. The maximum absolute atomic E-state index is 2.48. The van der Waals surface area contributed by atoms with E-state index in [4.69, 9.17) is 0 Å². The summed E-state index contributed by atoms with van der Waals surface area (Å²) in [6, 6.07) is 0. The Labute approximate surface area is 98.0 Å². The fourth-order valence-corrected chi connectivity index (χ4v) is 2.30. The van der Waals surface area contributed by atoms with Crippen LogP contribution in [0, 0.1) is 5.92 Å². The Kier molecular flexibility index (Phi) is 11.4. The highest BCUT2D eigenvalue weighted by Crippen LogP contribution is 2.19. The van der Waals surface area contributed by atoms with Gasteiger partial charge in [0.2, 0.25) is 0 Å². The van der Waals surface area contributed by atoms with E-state index >= 15 is 0 Å². The maximum Gasteiger partial charge on any atom is -0.000473 e. The van der Waals surface area contributed by atoms with Crippen LogP contribution in [0.3, 0.4) is 0 Å². The van der Waals surface area contributed by atoms with E-state index in [0.717, 1.165) is 5.92 Å². The van der Waals surface area contributed by atoms with Gasteiger partial charge in [-0.25, -0.2) is 0 Å². The molecule has 0 amide bonds. The van der Waals surface area contributed by atoms with Crippen molar-refractivity contribution in [2.75, 3.05) is 4.43 Å². The first kappa shape index (κ1) is 13.7. The Morgan fingerprint density at radius 1 is 0.923 bits per heavy atom. The first-order valence-electron chi connectivity index (χ1n) is 5.91. The van der Waals surface area contributed by atoms with Gasteiger partial charge >= 0.3 is 0 Å². The summed E-state index contributed by atoms with van der Waals surface area (Å²) < 4.78 is 1.34. The Morgan fingerprint density at radius 2 is 1.54 bits per heavy atom. The summed E-state index contributed by atoms with van der Waals surface area (Å²) in [4.78, 5) is 0. The van der Waals surface area contributed by atoms with Gasteiger partial charge in [-0.05, 0) is 16.8 Å². The zero-order chi connectivity index (χ0) is 9.94. The van der Waals surface area contributed by atoms with Gasteiger partial charge in [-0.1, -0.05) is 81.4 Å². The summed E-state index contributed by atoms with van der Waals surface area (Å²) in [5.74, 6) is 1.02. The van der Waals surface area contributed by atoms with Crippen LogP contribution >= 0.6 is 22.6 Å². The Hall–Kier alpha value is 0.730. The van der Waals surface area contributed by atoms with Crippen LogP contribution < -0.4 is 0 Å². The lowest BCUT2D eigenvalue weighted by molar-refractivity contribution is 0.404. The molecule has 0 fully saturated rings. The van der Waals surface area contributed by atoms with Crippen LogP contribution in [0.25, 0.3) is 0 Å². The summed E-state index contributed by atoms with van der Waals surface area (Å²) in [6.45, 7) is 4.64. The molecule has 13 heavy (non-hydrogen) atoms.